The van der Waals surface area contributed by atoms with E-state index in [0.29, 0.717) is 22.7 Å². The van der Waals surface area contributed by atoms with Crippen molar-refractivity contribution in [3.05, 3.63) is 54.0 Å². The third-order valence-electron chi connectivity index (χ3n) is 2.38. The first-order valence-electron chi connectivity index (χ1n) is 5.41. The number of hydrogen-bond acceptors (Lipinski definition) is 4. The fourth-order valence-corrected chi connectivity index (χ4v) is 1.37. The van der Waals surface area contributed by atoms with Crippen molar-refractivity contribution in [3.63, 3.8) is 0 Å². The normalized spacial score (nSPS) is 11.3. The molecule has 3 N–H and O–H groups in total. The van der Waals surface area contributed by atoms with Crippen LogP contribution < -0.4 is 11.2 Å². The van der Waals surface area contributed by atoms with Crippen LogP contribution in [0.4, 0.5) is 5.69 Å². The Labute approximate surface area is 104 Å². The van der Waals surface area contributed by atoms with E-state index in [-0.39, 0.29) is 5.91 Å². The highest BCUT2D eigenvalue weighted by Crippen LogP contribution is 2.05. The second-order valence-electron chi connectivity index (χ2n) is 3.74. The summed E-state index contributed by atoms with van der Waals surface area (Å²) in [4.78, 5) is 11.7. The van der Waals surface area contributed by atoms with Crippen molar-refractivity contribution in [1.29, 1.82) is 0 Å². The molecule has 5 heteroatoms. The zero-order valence-corrected chi connectivity index (χ0v) is 9.88. The second kappa shape index (κ2) is 5.18. The SMILES string of the molecule is C/C(=N/NC(=O)c1ccc(N)cc1)c1ccco1. The number of rotatable bonds is 3. The molecule has 0 spiro atoms. The third-order valence-corrected chi connectivity index (χ3v) is 2.38. The minimum atomic E-state index is -0.291. The molecule has 1 aromatic heterocycles. The Bertz CT molecular complexity index is 556. The Morgan fingerprint density at radius 2 is 2.00 bits per heavy atom. The van der Waals surface area contributed by atoms with Gasteiger partial charge in [-0.3, -0.25) is 4.79 Å². The van der Waals surface area contributed by atoms with Crippen molar-refractivity contribution >= 4 is 17.3 Å². The van der Waals surface area contributed by atoms with Gasteiger partial charge in [0.05, 0.1) is 6.26 Å². The highest BCUT2D eigenvalue weighted by atomic mass is 16.3. The Kier molecular flexibility index (Phi) is 3.43. The quantitative estimate of drug-likeness (QED) is 0.491. The van der Waals surface area contributed by atoms with Gasteiger partial charge in [-0.2, -0.15) is 5.10 Å². The molecule has 0 aliphatic carbocycles. The van der Waals surface area contributed by atoms with Gasteiger partial charge in [0.25, 0.3) is 5.91 Å². The van der Waals surface area contributed by atoms with Crippen LogP contribution in [0, 0.1) is 0 Å². The molecule has 0 atom stereocenters. The molecule has 2 aromatic rings. The molecule has 92 valence electrons. The summed E-state index contributed by atoms with van der Waals surface area (Å²) in [6, 6.07) is 10.1. The van der Waals surface area contributed by atoms with Gasteiger partial charge in [-0.25, -0.2) is 5.43 Å². The molecule has 0 bridgehead atoms. The zero-order chi connectivity index (χ0) is 13.0. The smallest absolute Gasteiger partial charge is 0.271 e. The molecule has 5 nitrogen and oxygen atoms in total. The van der Waals surface area contributed by atoms with Gasteiger partial charge >= 0.3 is 0 Å². The molecule has 0 aliphatic heterocycles. The third kappa shape index (κ3) is 2.76. The number of nitrogens with zero attached hydrogens (tertiary/aromatic N) is 1. The number of nitrogens with two attached hydrogens (primary N) is 1. The minimum Gasteiger partial charge on any atom is -0.463 e. The molecule has 1 heterocycles. The molecule has 1 aromatic carbocycles. The molecular formula is C13H13N3O2. The predicted octanol–water partition coefficient (Wildman–Crippen LogP) is 2.02. The van der Waals surface area contributed by atoms with Crippen LogP contribution in [-0.2, 0) is 0 Å². The maximum absolute atomic E-state index is 11.7. The average molecular weight is 243 g/mol. The van der Waals surface area contributed by atoms with E-state index in [2.05, 4.69) is 10.5 Å². The van der Waals surface area contributed by atoms with Crippen LogP contribution in [0.2, 0.25) is 0 Å². The Morgan fingerprint density at radius 3 is 2.61 bits per heavy atom. The zero-order valence-electron chi connectivity index (χ0n) is 9.88. The summed E-state index contributed by atoms with van der Waals surface area (Å²) in [5, 5.41) is 3.96. The molecule has 0 radical (unpaired) electrons. The maximum atomic E-state index is 11.7. The Balaban J connectivity index is 2.04. The number of nitrogen functional groups attached to an aromatic ring is 1. The summed E-state index contributed by atoms with van der Waals surface area (Å²) >= 11 is 0. The standard InChI is InChI=1S/C13H13N3O2/c1-9(12-3-2-8-18-12)15-16-13(17)10-4-6-11(14)7-5-10/h2-8H,14H2,1H3,(H,16,17)/b15-9-. The summed E-state index contributed by atoms with van der Waals surface area (Å²) in [6.07, 6.45) is 1.55. The average Bonchev–Trinajstić information content (AvgIpc) is 2.90. The van der Waals surface area contributed by atoms with Crippen molar-refractivity contribution in [2.24, 2.45) is 5.10 Å². The van der Waals surface area contributed by atoms with Crippen LogP contribution in [-0.4, -0.2) is 11.6 Å². The second-order valence-corrected chi connectivity index (χ2v) is 3.74. The number of carbonyl (C=O) groups is 1. The first kappa shape index (κ1) is 11.9. The van der Waals surface area contributed by atoms with E-state index in [9.17, 15) is 4.79 Å². The first-order chi connectivity index (χ1) is 8.66. The van der Waals surface area contributed by atoms with Gasteiger partial charge in [-0.05, 0) is 43.3 Å². The molecule has 2 rings (SSSR count). The van der Waals surface area contributed by atoms with Crippen molar-refractivity contribution in [2.45, 2.75) is 6.92 Å². The van der Waals surface area contributed by atoms with Gasteiger partial charge < -0.3 is 10.2 Å². The molecular weight excluding hydrogens is 230 g/mol. The van der Waals surface area contributed by atoms with Crippen LogP contribution in [0.25, 0.3) is 0 Å². The van der Waals surface area contributed by atoms with Crippen molar-refractivity contribution in [3.8, 4) is 0 Å². The van der Waals surface area contributed by atoms with Crippen LogP contribution in [0.15, 0.2) is 52.2 Å². The van der Waals surface area contributed by atoms with E-state index in [0.717, 1.165) is 0 Å². The number of nitrogens with one attached hydrogen (secondary N) is 1. The lowest BCUT2D eigenvalue weighted by molar-refractivity contribution is 0.0955. The molecule has 18 heavy (non-hydrogen) atoms. The van der Waals surface area contributed by atoms with Crippen LogP contribution >= 0.6 is 0 Å². The molecule has 0 saturated carbocycles. The van der Waals surface area contributed by atoms with Gasteiger partial charge in [0.15, 0.2) is 0 Å². The van der Waals surface area contributed by atoms with Crippen LogP contribution in [0.3, 0.4) is 0 Å². The fourth-order valence-electron chi connectivity index (χ4n) is 1.37. The van der Waals surface area contributed by atoms with Crippen molar-refractivity contribution < 1.29 is 9.21 Å². The van der Waals surface area contributed by atoms with Gasteiger partial charge in [0.1, 0.15) is 11.5 Å². The Morgan fingerprint density at radius 1 is 1.28 bits per heavy atom. The van der Waals surface area contributed by atoms with Crippen molar-refractivity contribution in [2.75, 3.05) is 5.73 Å². The molecule has 0 aliphatic rings. The molecule has 0 fully saturated rings. The van der Waals surface area contributed by atoms with E-state index in [1.54, 1.807) is 49.6 Å². The number of benzene rings is 1. The van der Waals surface area contributed by atoms with Crippen LogP contribution in [0.5, 0.6) is 0 Å². The number of hydrogen-bond donors (Lipinski definition) is 2. The lowest BCUT2D eigenvalue weighted by Crippen LogP contribution is -2.19. The van der Waals surface area contributed by atoms with E-state index in [1.807, 2.05) is 0 Å². The van der Waals surface area contributed by atoms with E-state index in [4.69, 9.17) is 10.2 Å². The first-order valence-corrected chi connectivity index (χ1v) is 5.41. The number of amides is 1. The van der Waals surface area contributed by atoms with E-state index >= 15 is 0 Å². The number of furan rings is 1. The number of anilines is 1. The predicted molar refractivity (Wildman–Crippen MR) is 69.2 cm³/mol. The van der Waals surface area contributed by atoms with Gasteiger partial charge in [-0.15, -0.1) is 0 Å². The highest BCUT2D eigenvalue weighted by Gasteiger charge is 2.05. The Hall–Kier alpha value is -2.56. The van der Waals surface area contributed by atoms with Gasteiger partial charge in [0.2, 0.25) is 0 Å². The summed E-state index contributed by atoms with van der Waals surface area (Å²) in [5.74, 6) is 0.327. The van der Waals surface area contributed by atoms with Gasteiger partial charge in [-0.1, -0.05) is 0 Å². The minimum absolute atomic E-state index is 0.291. The van der Waals surface area contributed by atoms with Crippen LogP contribution in [0.1, 0.15) is 23.0 Å². The summed E-state index contributed by atoms with van der Waals surface area (Å²) in [5.41, 5.74) is 9.71. The fraction of sp³-hybridized carbons (Fsp3) is 0.0769. The molecule has 1 amide bonds. The molecule has 0 unspecified atom stereocenters. The summed E-state index contributed by atoms with van der Waals surface area (Å²) < 4.78 is 5.15. The summed E-state index contributed by atoms with van der Waals surface area (Å²) in [6.45, 7) is 1.75. The lowest BCUT2D eigenvalue weighted by Gasteiger charge is -2.01. The largest absolute Gasteiger partial charge is 0.463 e. The summed E-state index contributed by atoms with van der Waals surface area (Å²) in [7, 11) is 0. The van der Waals surface area contributed by atoms with E-state index < -0.39 is 0 Å². The number of carbonyl (C=O) groups excluding carboxylic acids is 1. The van der Waals surface area contributed by atoms with Crippen molar-refractivity contribution in [1.82, 2.24) is 5.43 Å². The van der Waals surface area contributed by atoms with E-state index in [1.165, 1.54) is 0 Å². The topological polar surface area (TPSA) is 80.6 Å². The van der Waals surface area contributed by atoms with Gasteiger partial charge in [0, 0.05) is 11.3 Å². The molecule has 0 saturated heterocycles. The maximum Gasteiger partial charge on any atom is 0.271 e. The number of hydrazone groups is 1. The highest BCUT2D eigenvalue weighted by molar-refractivity contribution is 5.99. The lowest BCUT2D eigenvalue weighted by atomic mass is 10.2. The monoisotopic (exact) mass is 243 g/mol.